The third-order valence-corrected chi connectivity index (χ3v) is 4.21. The molecule has 0 amide bonds. The minimum atomic E-state index is -0.459. The van der Waals surface area contributed by atoms with Gasteiger partial charge >= 0.3 is 11.9 Å². The molecule has 3 rings (SSSR count). The molecule has 5 unspecified atom stereocenters. The lowest BCUT2D eigenvalue weighted by atomic mass is 9.88. The fraction of sp³-hybridized carbons (Fsp3) is 0.692. The molecule has 2 bridgehead atoms. The summed E-state index contributed by atoms with van der Waals surface area (Å²) in [7, 11) is 0. The summed E-state index contributed by atoms with van der Waals surface area (Å²) >= 11 is 0. The molecule has 5 atom stereocenters. The fourth-order valence-electron chi connectivity index (χ4n) is 3.42. The summed E-state index contributed by atoms with van der Waals surface area (Å²) in [5, 5.41) is 0. The lowest BCUT2D eigenvalue weighted by Crippen LogP contribution is -2.35. The Kier molecular flexibility index (Phi) is 2.66. The summed E-state index contributed by atoms with van der Waals surface area (Å²) in [5.74, 6) is 0.208. The maximum atomic E-state index is 11.5. The standard InChI is InChI=1S/C13H16O5/c1-6(2)12(14)17-5-16-10-7-3-8-9(4-7)13(15)18-11(8)10/h7-11H,1,3-5H2,2H3. The van der Waals surface area contributed by atoms with Gasteiger partial charge in [-0.05, 0) is 25.7 Å². The summed E-state index contributed by atoms with van der Waals surface area (Å²) < 4.78 is 15.8. The number of esters is 2. The minimum Gasteiger partial charge on any atom is -0.459 e. The quantitative estimate of drug-likeness (QED) is 0.425. The number of ether oxygens (including phenoxy) is 3. The Labute approximate surface area is 105 Å². The summed E-state index contributed by atoms with van der Waals surface area (Å²) in [6.07, 6.45) is 1.58. The van der Waals surface area contributed by atoms with Gasteiger partial charge in [0.25, 0.3) is 0 Å². The van der Waals surface area contributed by atoms with E-state index in [9.17, 15) is 9.59 Å². The number of hydrogen-bond donors (Lipinski definition) is 0. The van der Waals surface area contributed by atoms with E-state index in [1.165, 1.54) is 0 Å². The zero-order valence-electron chi connectivity index (χ0n) is 10.3. The molecule has 2 saturated carbocycles. The molecule has 1 aliphatic heterocycles. The van der Waals surface area contributed by atoms with Gasteiger partial charge in [-0.1, -0.05) is 6.58 Å². The highest BCUT2D eigenvalue weighted by molar-refractivity contribution is 5.86. The van der Waals surface area contributed by atoms with Gasteiger partial charge in [-0.3, -0.25) is 4.79 Å². The second-order valence-electron chi connectivity index (χ2n) is 5.36. The average Bonchev–Trinajstić information content (AvgIpc) is 2.92. The van der Waals surface area contributed by atoms with Crippen molar-refractivity contribution in [1.29, 1.82) is 0 Å². The third kappa shape index (κ3) is 1.65. The molecule has 0 aromatic rings. The molecule has 0 aromatic heterocycles. The van der Waals surface area contributed by atoms with Crippen molar-refractivity contribution in [2.75, 3.05) is 6.79 Å². The number of rotatable bonds is 4. The Balaban J connectivity index is 1.55. The van der Waals surface area contributed by atoms with Crippen LogP contribution in [0.2, 0.25) is 0 Å². The Morgan fingerprint density at radius 2 is 2.28 bits per heavy atom. The molecule has 0 spiro atoms. The predicted molar refractivity (Wildman–Crippen MR) is 60.2 cm³/mol. The lowest BCUT2D eigenvalue weighted by molar-refractivity contribution is -0.168. The van der Waals surface area contributed by atoms with E-state index in [2.05, 4.69) is 6.58 Å². The summed E-state index contributed by atoms with van der Waals surface area (Å²) in [4.78, 5) is 22.7. The minimum absolute atomic E-state index is 0.0813. The lowest BCUT2D eigenvalue weighted by Gasteiger charge is -2.25. The molecule has 0 N–H and O–H groups in total. The zero-order chi connectivity index (χ0) is 12.9. The van der Waals surface area contributed by atoms with Gasteiger partial charge in [0, 0.05) is 11.5 Å². The number of carbonyl (C=O) groups is 2. The first kappa shape index (κ1) is 11.7. The maximum absolute atomic E-state index is 11.5. The van der Waals surface area contributed by atoms with E-state index in [-0.39, 0.29) is 30.9 Å². The van der Waals surface area contributed by atoms with Crippen LogP contribution in [0.4, 0.5) is 0 Å². The third-order valence-electron chi connectivity index (χ3n) is 4.21. The largest absolute Gasteiger partial charge is 0.459 e. The van der Waals surface area contributed by atoms with E-state index in [4.69, 9.17) is 14.2 Å². The van der Waals surface area contributed by atoms with Crippen LogP contribution >= 0.6 is 0 Å². The molecule has 0 aromatic carbocycles. The maximum Gasteiger partial charge on any atom is 0.335 e. The highest BCUT2D eigenvalue weighted by atomic mass is 16.7. The van der Waals surface area contributed by atoms with Crippen LogP contribution in [-0.4, -0.2) is 30.9 Å². The van der Waals surface area contributed by atoms with Crippen molar-refractivity contribution >= 4 is 11.9 Å². The van der Waals surface area contributed by atoms with E-state index in [0.717, 1.165) is 12.8 Å². The second kappa shape index (κ2) is 4.09. The Morgan fingerprint density at radius 1 is 1.50 bits per heavy atom. The SMILES string of the molecule is C=C(C)C(=O)OCOC1C2CC3C(=O)OC1C3C2. The molecule has 1 heterocycles. The van der Waals surface area contributed by atoms with Crippen LogP contribution in [0, 0.1) is 17.8 Å². The van der Waals surface area contributed by atoms with Crippen molar-refractivity contribution in [3.63, 3.8) is 0 Å². The van der Waals surface area contributed by atoms with E-state index >= 15 is 0 Å². The van der Waals surface area contributed by atoms with Gasteiger partial charge in [-0.15, -0.1) is 0 Å². The average molecular weight is 252 g/mol. The van der Waals surface area contributed by atoms with E-state index in [1.54, 1.807) is 6.92 Å². The highest BCUT2D eigenvalue weighted by Gasteiger charge is 2.62. The normalized spacial score (nSPS) is 39.8. The number of carbonyl (C=O) groups excluding carboxylic acids is 2. The molecule has 3 aliphatic rings. The van der Waals surface area contributed by atoms with Crippen molar-refractivity contribution in [1.82, 2.24) is 0 Å². The Morgan fingerprint density at radius 3 is 3.00 bits per heavy atom. The number of fused-ring (bicyclic) bond motifs is 1. The Hall–Kier alpha value is -1.36. The summed E-state index contributed by atoms with van der Waals surface area (Å²) in [5.41, 5.74) is 0.346. The van der Waals surface area contributed by atoms with E-state index in [0.29, 0.717) is 17.4 Å². The van der Waals surface area contributed by atoms with Crippen molar-refractivity contribution < 1.29 is 23.8 Å². The van der Waals surface area contributed by atoms with Crippen LogP contribution in [-0.2, 0) is 23.8 Å². The van der Waals surface area contributed by atoms with Crippen molar-refractivity contribution in [3.8, 4) is 0 Å². The van der Waals surface area contributed by atoms with Gasteiger partial charge in [0.2, 0.25) is 0 Å². The highest BCUT2D eigenvalue weighted by Crippen LogP contribution is 2.55. The Bertz CT molecular complexity index is 416. The molecule has 3 fully saturated rings. The van der Waals surface area contributed by atoms with Crippen molar-refractivity contribution in [3.05, 3.63) is 12.2 Å². The van der Waals surface area contributed by atoms with Crippen molar-refractivity contribution in [2.24, 2.45) is 17.8 Å². The van der Waals surface area contributed by atoms with E-state index < -0.39 is 5.97 Å². The second-order valence-corrected chi connectivity index (χ2v) is 5.36. The fourth-order valence-corrected chi connectivity index (χ4v) is 3.42. The molecule has 0 radical (unpaired) electrons. The number of hydrogen-bond acceptors (Lipinski definition) is 5. The first-order chi connectivity index (χ1) is 8.58. The van der Waals surface area contributed by atoms with Gasteiger partial charge in [0.15, 0.2) is 6.79 Å². The molecule has 5 nitrogen and oxygen atoms in total. The first-order valence-electron chi connectivity index (χ1n) is 6.22. The van der Waals surface area contributed by atoms with Crippen LogP contribution in [0.15, 0.2) is 12.2 Å². The van der Waals surface area contributed by atoms with Crippen molar-refractivity contribution in [2.45, 2.75) is 32.0 Å². The zero-order valence-corrected chi connectivity index (χ0v) is 10.3. The topological polar surface area (TPSA) is 61.8 Å². The summed E-state index contributed by atoms with van der Waals surface area (Å²) in [6.45, 7) is 4.98. The van der Waals surface area contributed by atoms with E-state index in [1.807, 2.05) is 0 Å². The molecule has 18 heavy (non-hydrogen) atoms. The van der Waals surface area contributed by atoms with Crippen LogP contribution in [0.3, 0.4) is 0 Å². The molecular formula is C13H16O5. The molecular weight excluding hydrogens is 236 g/mol. The van der Waals surface area contributed by atoms with Gasteiger partial charge in [0.05, 0.1) is 5.92 Å². The van der Waals surface area contributed by atoms with Crippen LogP contribution in [0.1, 0.15) is 19.8 Å². The monoisotopic (exact) mass is 252 g/mol. The summed E-state index contributed by atoms with van der Waals surface area (Å²) in [6, 6.07) is 0. The predicted octanol–water partition coefficient (Wildman–Crippen LogP) is 1.03. The van der Waals surface area contributed by atoms with Crippen LogP contribution in [0.25, 0.3) is 0 Å². The van der Waals surface area contributed by atoms with Gasteiger partial charge < -0.3 is 14.2 Å². The van der Waals surface area contributed by atoms with Gasteiger partial charge in [-0.2, -0.15) is 0 Å². The molecule has 98 valence electrons. The molecule has 2 aliphatic carbocycles. The van der Waals surface area contributed by atoms with Crippen LogP contribution in [0.5, 0.6) is 0 Å². The first-order valence-corrected chi connectivity index (χ1v) is 6.22. The van der Waals surface area contributed by atoms with Gasteiger partial charge in [-0.25, -0.2) is 4.79 Å². The van der Waals surface area contributed by atoms with Gasteiger partial charge in [0.1, 0.15) is 12.2 Å². The smallest absolute Gasteiger partial charge is 0.335 e. The molecule has 1 saturated heterocycles. The molecule has 5 heteroatoms. The van der Waals surface area contributed by atoms with Crippen LogP contribution < -0.4 is 0 Å².